The molecule has 3 amide bonds. The molecule has 0 fully saturated rings. The first-order valence-corrected chi connectivity index (χ1v) is 23.7. The van der Waals surface area contributed by atoms with Gasteiger partial charge in [0.25, 0.3) is 0 Å². The number of rotatable bonds is 26. The van der Waals surface area contributed by atoms with Crippen molar-refractivity contribution in [2.24, 2.45) is 11.5 Å². The Labute approximate surface area is 433 Å². The Kier molecular flexibility index (Phi) is 26.4. The minimum atomic E-state index is -5.08. The van der Waals surface area contributed by atoms with Crippen molar-refractivity contribution in [3.05, 3.63) is 114 Å². The van der Waals surface area contributed by atoms with Crippen LogP contribution in [0.4, 0.5) is 38.1 Å². The number of esters is 1. The van der Waals surface area contributed by atoms with Gasteiger partial charge in [0.15, 0.2) is 5.65 Å². The first kappa shape index (κ1) is 62.2. The summed E-state index contributed by atoms with van der Waals surface area (Å²) in [6.45, 7) is 3.32. The van der Waals surface area contributed by atoms with Crippen LogP contribution in [0.5, 0.6) is 0 Å². The third-order valence-corrected chi connectivity index (χ3v) is 10.4. The van der Waals surface area contributed by atoms with E-state index in [1.165, 1.54) is 12.5 Å². The van der Waals surface area contributed by atoms with Gasteiger partial charge in [-0.2, -0.15) is 41.4 Å². The van der Waals surface area contributed by atoms with E-state index in [1.54, 1.807) is 10.9 Å². The second-order valence-electron chi connectivity index (χ2n) is 16.5. The van der Waals surface area contributed by atoms with Crippen molar-refractivity contribution >= 4 is 70.7 Å². The molecule has 11 N–H and O–H groups in total. The molecule has 0 unspecified atom stereocenters. The number of halogens is 6. The number of carbonyl (C=O) groups excluding carboxylic acids is 4. The molecule has 0 saturated carbocycles. The van der Waals surface area contributed by atoms with Crippen molar-refractivity contribution in [1.82, 2.24) is 35.7 Å². The van der Waals surface area contributed by atoms with Gasteiger partial charge in [-0.25, -0.2) is 14.3 Å². The summed E-state index contributed by atoms with van der Waals surface area (Å²) in [7, 11) is 0. The summed E-state index contributed by atoms with van der Waals surface area (Å²) in [5, 5.41) is 34.6. The second kappa shape index (κ2) is 32.2. The summed E-state index contributed by atoms with van der Waals surface area (Å²) in [4.78, 5) is 79.1. The van der Waals surface area contributed by atoms with Crippen molar-refractivity contribution in [3.8, 4) is 0 Å². The van der Waals surface area contributed by atoms with Crippen LogP contribution >= 0.6 is 0 Å². The van der Waals surface area contributed by atoms with Crippen LogP contribution in [0.3, 0.4) is 0 Å². The van der Waals surface area contributed by atoms with E-state index in [4.69, 9.17) is 46.0 Å². The van der Waals surface area contributed by atoms with Crippen molar-refractivity contribution in [1.29, 1.82) is 0 Å². The quantitative estimate of drug-likeness (QED) is 0.0193. The predicted molar refractivity (Wildman–Crippen MR) is 270 cm³/mol. The third-order valence-electron chi connectivity index (χ3n) is 10.4. The Morgan fingerprint density at radius 1 is 0.711 bits per heavy atom. The van der Waals surface area contributed by atoms with Gasteiger partial charge in [0.05, 0.1) is 24.2 Å². The maximum Gasteiger partial charge on any atom is 0.490 e. The molecule has 5 rings (SSSR count). The maximum absolute atomic E-state index is 13.5. The molecule has 0 aliphatic heterocycles. The number of carboxylic acids is 2. The van der Waals surface area contributed by atoms with E-state index in [-0.39, 0.29) is 37.9 Å². The molecule has 0 saturated heterocycles. The number of nitrogens with one attached hydrogen (secondary N) is 5. The van der Waals surface area contributed by atoms with Gasteiger partial charge in [-0.15, -0.1) is 0 Å². The molecule has 3 aromatic carbocycles. The van der Waals surface area contributed by atoms with Crippen molar-refractivity contribution in [2.45, 2.75) is 88.8 Å². The number of aromatic nitrogens is 4. The monoisotopic (exact) mass is 1070 g/mol. The van der Waals surface area contributed by atoms with Crippen LogP contribution in [0.25, 0.3) is 23.3 Å². The first-order valence-electron chi connectivity index (χ1n) is 23.7. The van der Waals surface area contributed by atoms with Crippen molar-refractivity contribution in [3.63, 3.8) is 0 Å². The molecule has 0 bridgehead atoms. The van der Waals surface area contributed by atoms with Gasteiger partial charge in [0.2, 0.25) is 23.7 Å². The lowest BCUT2D eigenvalue weighted by Crippen LogP contribution is -2.56. The number of anilines is 2. The molecule has 76 heavy (non-hydrogen) atoms. The first-order chi connectivity index (χ1) is 36.1. The number of carboxylic acid groups (broad SMARTS) is 2. The lowest BCUT2D eigenvalue weighted by Gasteiger charge is -2.24. The highest BCUT2D eigenvalue weighted by Crippen LogP contribution is 2.23. The number of hydrogen-bond acceptors (Lipinski definition) is 14. The number of amides is 3. The van der Waals surface area contributed by atoms with E-state index in [0.29, 0.717) is 69.2 Å². The summed E-state index contributed by atoms with van der Waals surface area (Å²) in [6, 6.07) is 26.8. The Hall–Kier alpha value is -8.13. The smallest absolute Gasteiger partial charge is 0.475 e. The molecule has 20 nitrogen and oxygen atoms in total. The molecule has 412 valence electrons. The van der Waals surface area contributed by atoms with E-state index in [1.807, 2.05) is 91.1 Å². The molecule has 0 aliphatic carbocycles. The highest BCUT2D eigenvalue weighted by atomic mass is 19.4. The highest BCUT2D eigenvalue weighted by molar-refractivity contribution is 5.93. The lowest BCUT2D eigenvalue weighted by atomic mass is 10.0. The lowest BCUT2D eigenvalue weighted by molar-refractivity contribution is -0.193. The Morgan fingerprint density at radius 2 is 1.29 bits per heavy atom. The van der Waals surface area contributed by atoms with Gasteiger partial charge in [-0.1, -0.05) is 91.0 Å². The van der Waals surface area contributed by atoms with Crippen molar-refractivity contribution < 1.29 is 70.1 Å². The molecule has 5 aromatic rings. The SMILES string of the molecule is C[C@@H](N)C(=O)N[C@@H](Cc1ccccc1)C(=O)N[C@@H](CCCCN)C(=O)NCCCCC(=O)OCCNc1nc(NCCc2ccccc2)c2cnn(/C=C/c3ccccc3)c2n1.O=C(O)C(F)(F)F.O=C(O)C(F)(F)F. The standard InChI is InChI=1S/C46H59N11O5.2C2HF3O2/c1-33(48)43(59)54-39(31-36-19-9-4-10-20-36)45(61)53-38(21-11-13-25-47)44(60)50-26-14-12-22-40(58)62-30-28-51-46-55-41(49-27-23-34-15-5-2-6-16-34)37-32-52-57(42(37)56-46)29-24-35-17-7-3-8-18-35;2*3-2(4,5)1(6)7/h2-10,15-20,24,29,32-33,38-39H,11-14,21-23,25-28,30-31,47-48H2,1H3,(H,50,60)(H,53,61)(H,54,59)(H2,49,51,55,56);2*(H,6,7)/b29-24+;;/t33-,38+,39+;;/m1../s1. The number of hydrogen-bond donors (Lipinski definition) is 9. The number of nitrogens with zero attached hydrogens (tertiary/aromatic N) is 4. The summed E-state index contributed by atoms with van der Waals surface area (Å²) in [5.41, 5.74) is 15.1. The van der Waals surface area contributed by atoms with Gasteiger partial charge in [-0.05, 0) is 74.8 Å². The Bertz CT molecular complexity index is 2600. The van der Waals surface area contributed by atoms with Crippen LogP contribution < -0.4 is 38.1 Å². The number of fused-ring (bicyclic) bond motifs is 1. The average molecular weight is 1070 g/mol. The fraction of sp³-hybridized carbons (Fsp3) is 0.380. The van der Waals surface area contributed by atoms with Crippen molar-refractivity contribution in [2.75, 3.05) is 43.4 Å². The number of unbranched alkanes of at least 4 members (excludes halogenated alkanes) is 2. The minimum Gasteiger partial charge on any atom is -0.475 e. The highest BCUT2D eigenvalue weighted by Gasteiger charge is 2.39. The van der Waals surface area contributed by atoms with Gasteiger partial charge in [-0.3, -0.25) is 19.2 Å². The van der Waals surface area contributed by atoms with Gasteiger partial charge < -0.3 is 53.0 Å². The Morgan fingerprint density at radius 3 is 1.87 bits per heavy atom. The normalized spacial score (nSPS) is 12.4. The third kappa shape index (κ3) is 23.8. The van der Waals surface area contributed by atoms with Gasteiger partial charge in [0.1, 0.15) is 24.5 Å². The van der Waals surface area contributed by atoms with E-state index in [9.17, 15) is 45.5 Å². The molecule has 2 aromatic heterocycles. The van der Waals surface area contributed by atoms with E-state index in [2.05, 4.69) is 43.8 Å². The molecule has 0 aliphatic rings. The number of carbonyl (C=O) groups is 6. The van der Waals surface area contributed by atoms with Crippen LogP contribution in [0.15, 0.2) is 97.2 Å². The second-order valence-corrected chi connectivity index (χ2v) is 16.5. The summed E-state index contributed by atoms with van der Waals surface area (Å²) >= 11 is 0. The van der Waals surface area contributed by atoms with E-state index >= 15 is 0 Å². The zero-order valence-electron chi connectivity index (χ0n) is 41.3. The van der Waals surface area contributed by atoms with Crippen LogP contribution in [0, 0.1) is 0 Å². The number of ether oxygens (including phenoxy) is 1. The fourth-order valence-electron chi connectivity index (χ4n) is 6.46. The molecule has 2 heterocycles. The van der Waals surface area contributed by atoms with Crippen LogP contribution in [0.2, 0.25) is 0 Å². The molecule has 3 atom stereocenters. The molecule has 0 spiro atoms. The van der Waals surface area contributed by atoms with E-state index in [0.717, 1.165) is 22.9 Å². The maximum atomic E-state index is 13.5. The minimum absolute atomic E-state index is 0.0982. The number of benzene rings is 3. The molecular weight excluding hydrogens is 1010 g/mol. The van der Waals surface area contributed by atoms with E-state index < -0.39 is 54.2 Å². The largest absolute Gasteiger partial charge is 0.490 e. The topological polar surface area (TPSA) is 308 Å². The summed E-state index contributed by atoms with van der Waals surface area (Å²) in [6.07, 6.45) is -0.749. The number of alkyl halides is 6. The molecule has 0 radical (unpaired) electrons. The summed E-state index contributed by atoms with van der Waals surface area (Å²) < 4.78 is 70.7. The molecule has 26 heteroatoms. The average Bonchev–Trinajstić information content (AvgIpc) is 3.80. The van der Waals surface area contributed by atoms with Crippen LogP contribution in [-0.4, -0.2) is 129 Å². The number of aliphatic carboxylic acids is 2. The van der Waals surface area contributed by atoms with Gasteiger partial charge >= 0.3 is 30.3 Å². The van der Waals surface area contributed by atoms with Crippen LogP contribution in [-0.2, 0) is 46.3 Å². The zero-order valence-corrected chi connectivity index (χ0v) is 41.3. The summed E-state index contributed by atoms with van der Waals surface area (Å²) in [5.74, 6) is -6.20. The predicted octanol–water partition coefficient (Wildman–Crippen LogP) is 5.31. The molecular formula is C50H61F6N11O9. The zero-order chi connectivity index (χ0) is 56.1. The number of nitrogens with two attached hydrogens (primary N) is 2. The van der Waals surface area contributed by atoms with Crippen LogP contribution in [0.1, 0.15) is 62.1 Å². The fourth-order valence-corrected chi connectivity index (χ4v) is 6.46. The Balaban J connectivity index is 0.000000953. The van der Waals surface area contributed by atoms with Gasteiger partial charge in [0, 0.05) is 32.1 Å².